The van der Waals surface area contributed by atoms with Crippen LogP contribution in [0.1, 0.15) is 11.3 Å². The third kappa shape index (κ3) is 3.98. The molecule has 30 heavy (non-hydrogen) atoms. The Morgan fingerprint density at radius 2 is 1.47 bits per heavy atom. The Kier molecular flexibility index (Phi) is 5.66. The number of hydrogen-bond acceptors (Lipinski definition) is 3. The van der Waals surface area contributed by atoms with E-state index in [4.69, 9.17) is 18.6 Å². The molecule has 4 rings (SSSR count). The van der Waals surface area contributed by atoms with Gasteiger partial charge in [-0.3, -0.25) is 0 Å². The highest BCUT2D eigenvalue weighted by Gasteiger charge is 2.18. The zero-order chi connectivity index (χ0) is 20.9. The summed E-state index contributed by atoms with van der Waals surface area (Å²) in [6, 6.07) is 23.9. The third-order valence-electron chi connectivity index (χ3n) is 4.94. The van der Waals surface area contributed by atoms with Crippen LogP contribution in [0.2, 0.25) is 0 Å². The molecule has 3 aromatic carbocycles. The van der Waals surface area contributed by atoms with Crippen LogP contribution in [-0.4, -0.2) is 21.3 Å². The van der Waals surface area contributed by atoms with E-state index in [9.17, 15) is 0 Å². The molecule has 0 saturated carbocycles. The predicted molar refractivity (Wildman–Crippen MR) is 121 cm³/mol. The van der Waals surface area contributed by atoms with Gasteiger partial charge in [0.05, 0.1) is 32.3 Å². The van der Waals surface area contributed by atoms with Crippen molar-refractivity contribution < 1.29 is 18.6 Å². The molecule has 0 saturated heterocycles. The Balaban J connectivity index is 1.79. The Bertz CT molecular complexity index is 1190. The van der Waals surface area contributed by atoms with Gasteiger partial charge in [0.2, 0.25) is 0 Å². The van der Waals surface area contributed by atoms with Gasteiger partial charge in [-0.2, -0.15) is 0 Å². The number of rotatable bonds is 6. The zero-order valence-corrected chi connectivity index (χ0v) is 17.2. The first-order valence-electron chi connectivity index (χ1n) is 9.62. The van der Waals surface area contributed by atoms with Gasteiger partial charge in [0, 0.05) is 12.1 Å². The van der Waals surface area contributed by atoms with E-state index in [1.807, 2.05) is 78.9 Å². The van der Waals surface area contributed by atoms with Gasteiger partial charge < -0.3 is 14.2 Å². The van der Waals surface area contributed by atoms with E-state index in [1.54, 1.807) is 21.3 Å². The monoisotopic (exact) mass is 399 g/mol. The number of para-hydroxylation sites is 1. The van der Waals surface area contributed by atoms with Gasteiger partial charge in [0.1, 0.15) is 5.75 Å². The summed E-state index contributed by atoms with van der Waals surface area (Å²) < 4.78 is 22.3. The number of fused-ring (bicyclic) bond motifs is 1. The molecule has 0 unspecified atom stereocenters. The average molecular weight is 399 g/mol. The van der Waals surface area contributed by atoms with Crippen LogP contribution in [-0.2, 0) is 0 Å². The summed E-state index contributed by atoms with van der Waals surface area (Å²) in [5.41, 5.74) is 3.88. The lowest BCUT2D eigenvalue weighted by Crippen LogP contribution is -1.90. The molecule has 0 atom stereocenters. The van der Waals surface area contributed by atoms with Crippen LogP contribution in [0.3, 0.4) is 0 Å². The van der Waals surface area contributed by atoms with Gasteiger partial charge in [-0.15, -0.1) is 0 Å². The molecule has 0 radical (unpaired) electrons. The molecule has 4 nitrogen and oxygen atoms in total. The van der Waals surface area contributed by atoms with Gasteiger partial charge in [-0.1, -0.05) is 30.3 Å². The molecule has 0 spiro atoms. The maximum atomic E-state index is 6.25. The summed E-state index contributed by atoms with van der Waals surface area (Å²) in [4.78, 5) is 0. The van der Waals surface area contributed by atoms with Crippen LogP contribution in [0, 0.1) is 0 Å². The molecule has 4 heteroatoms. The van der Waals surface area contributed by atoms with Crippen LogP contribution in [0.15, 0.2) is 77.2 Å². The number of methoxy groups -OCH3 is 3. The number of hydrogen-bond donors (Lipinski definition) is 0. The van der Waals surface area contributed by atoms with Gasteiger partial charge >= 0.3 is 11.3 Å². The normalized spacial score (nSPS) is 11.0. The summed E-state index contributed by atoms with van der Waals surface area (Å²) in [6.45, 7) is 0. The molecule has 0 aliphatic carbocycles. The molecule has 0 bridgehead atoms. The Labute approximate surface area is 176 Å². The van der Waals surface area contributed by atoms with Crippen molar-refractivity contribution >= 4 is 23.1 Å². The second-order valence-corrected chi connectivity index (χ2v) is 6.74. The van der Waals surface area contributed by atoms with Crippen molar-refractivity contribution in [3.05, 3.63) is 84.1 Å². The van der Waals surface area contributed by atoms with Crippen molar-refractivity contribution in [2.75, 3.05) is 21.3 Å². The minimum Gasteiger partial charge on any atom is -0.497 e. The van der Waals surface area contributed by atoms with E-state index in [2.05, 4.69) is 6.07 Å². The van der Waals surface area contributed by atoms with Gasteiger partial charge in [0.15, 0.2) is 11.5 Å². The largest absolute Gasteiger partial charge is 0.497 e. The number of ether oxygens (including phenoxy) is 3. The maximum Gasteiger partial charge on any atom is 0.361 e. The highest BCUT2D eigenvalue weighted by molar-refractivity contribution is 5.87. The second kappa shape index (κ2) is 8.70. The zero-order valence-electron chi connectivity index (χ0n) is 17.2. The highest BCUT2D eigenvalue weighted by Crippen LogP contribution is 2.32. The van der Waals surface area contributed by atoms with Gasteiger partial charge in [-0.25, -0.2) is 4.42 Å². The summed E-state index contributed by atoms with van der Waals surface area (Å²) >= 11 is 0. The highest BCUT2D eigenvalue weighted by atomic mass is 16.5. The Hall–Kier alpha value is -3.79. The molecule has 0 amide bonds. The second-order valence-electron chi connectivity index (χ2n) is 6.74. The van der Waals surface area contributed by atoms with Crippen molar-refractivity contribution in [3.63, 3.8) is 0 Å². The molecule has 0 fully saturated rings. The fourth-order valence-electron chi connectivity index (χ4n) is 3.34. The molecule has 4 aromatic rings. The van der Waals surface area contributed by atoms with Crippen LogP contribution in [0.25, 0.3) is 34.2 Å². The molecule has 150 valence electrons. The van der Waals surface area contributed by atoms with Crippen LogP contribution < -0.4 is 14.2 Å². The van der Waals surface area contributed by atoms with E-state index in [0.717, 1.165) is 39.2 Å². The van der Waals surface area contributed by atoms with Crippen LogP contribution >= 0.6 is 0 Å². The van der Waals surface area contributed by atoms with Crippen molar-refractivity contribution in [1.82, 2.24) is 0 Å². The topological polar surface area (TPSA) is 39.0 Å². The summed E-state index contributed by atoms with van der Waals surface area (Å²) in [5, 5.41) is 1.05. The van der Waals surface area contributed by atoms with Gasteiger partial charge in [-0.05, 0) is 53.6 Å². The van der Waals surface area contributed by atoms with E-state index in [1.165, 1.54) is 0 Å². The lowest BCUT2D eigenvalue weighted by Gasteiger charge is -2.07. The fourth-order valence-corrected chi connectivity index (χ4v) is 3.34. The Morgan fingerprint density at radius 3 is 2.20 bits per heavy atom. The van der Waals surface area contributed by atoms with Crippen LogP contribution in [0.5, 0.6) is 17.2 Å². The standard InChI is InChI=1S/C26H23O4/c1-27-21-12-10-19(11-13-21)22-17-20-6-4-5-7-23(20)30-24(22)14-8-18-9-15-25(28-2)26(16-18)29-3/h4-17H,1-3H3/q+1/b14-8+. The lowest BCUT2D eigenvalue weighted by molar-refractivity contribution is 0.355. The first kappa shape index (κ1) is 19.5. The molecule has 0 aliphatic heterocycles. The minimum atomic E-state index is 0.686. The first-order valence-corrected chi connectivity index (χ1v) is 9.62. The van der Waals surface area contributed by atoms with Crippen molar-refractivity contribution in [2.45, 2.75) is 0 Å². The van der Waals surface area contributed by atoms with E-state index < -0.39 is 0 Å². The number of benzene rings is 3. The molecular weight excluding hydrogens is 376 g/mol. The van der Waals surface area contributed by atoms with Crippen molar-refractivity contribution in [1.29, 1.82) is 0 Å². The third-order valence-corrected chi connectivity index (χ3v) is 4.94. The average Bonchev–Trinajstić information content (AvgIpc) is 2.82. The molecule has 0 aliphatic rings. The summed E-state index contributed by atoms with van der Waals surface area (Å²) in [7, 11) is 4.92. The maximum absolute atomic E-state index is 6.25. The van der Waals surface area contributed by atoms with E-state index in [0.29, 0.717) is 11.5 Å². The Morgan fingerprint density at radius 1 is 0.700 bits per heavy atom. The van der Waals surface area contributed by atoms with Crippen LogP contribution in [0.4, 0.5) is 0 Å². The van der Waals surface area contributed by atoms with Crippen molar-refractivity contribution in [3.8, 4) is 28.4 Å². The smallest absolute Gasteiger partial charge is 0.361 e. The van der Waals surface area contributed by atoms with Gasteiger partial charge in [0.25, 0.3) is 0 Å². The molecular formula is C26H23O4+. The first-order chi connectivity index (χ1) is 14.7. The molecule has 1 aromatic heterocycles. The molecule has 0 N–H and O–H groups in total. The summed E-state index contributed by atoms with van der Waals surface area (Å²) in [6.07, 6.45) is 3.98. The summed E-state index contributed by atoms with van der Waals surface area (Å²) in [5.74, 6) is 2.97. The quantitative estimate of drug-likeness (QED) is 0.343. The van der Waals surface area contributed by atoms with Crippen molar-refractivity contribution in [2.24, 2.45) is 0 Å². The minimum absolute atomic E-state index is 0.686. The van der Waals surface area contributed by atoms with E-state index in [-0.39, 0.29) is 0 Å². The molecule has 1 heterocycles. The van der Waals surface area contributed by atoms with E-state index >= 15 is 0 Å². The fraction of sp³-hybridized carbons (Fsp3) is 0.115. The predicted octanol–water partition coefficient (Wildman–Crippen LogP) is 6.58. The SMILES string of the molecule is COc1ccc(-c2cc3ccccc3[o+]c2/C=C/c2ccc(OC)c(OC)c2)cc1. The lowest BCUT2D eigenvalue weighted by atomic mass is 10.0.